The molecule has 0 fully saturated rings. The maximum absolute atomic E-state index is 6.11. The molecule has 0 radical (unpaired) electrons. The second-order valence-corrected chi connectivity index (χ2v) is 5.19. The van der Waals surface area contributed by atoms with Crippen molar-refractivity contribution in [3.63, 3.8) is 0 Å². The molecule has 1 aliphatic heterocycles. The molecule has 2 heterocycles. The minimum Gasteiger partial charge on any atom is -0.454 e. The van der Waals surface area contributed by atoms with Gasteiger partial charge in [-0.2, -0.15) is 0 Å². The van der Waals surface area contributed by atoms with Crippen molar-refractivity contribution in [2.45, 2.75) is 6.92 Å². The van der Waals surface area contributed by atoms with Crippen molar-refractivity contribution in [3.05, 3.63) is 48.0 Å². The lowest BCUT2D eigenvalue weighted by molar-refractivity contribution is 0.174. The number of rotatable bonds is 1. The van der Waals surface area contributed by atoms with Crippen molar-refractivity contribution in [2.75, 3.05) is 12.5 Å². The van der Waals surface area contributed by atoms with Gasteiger partial charge in [0, 0.05) is 10.9 Å². The van der Waals surface area contributed by atoms with Gasteiger partial charge in [-0.15, -0.1) is 0 Å². The number of benzene rings is 2. The number of hydrogen-bond donors (Lipinski definition) is 1. The average Bonchev–Trinajstić information content (AvgIpc) is 2.95. The molecule has 2 N–H and O–H groups in total. The third-order valence-electron chi connectivity index (χ3n) is 3.69. The van der Waals surface area contributed by atoms with Crippen molar-refractivity contribution in [3.8, 4) is 22.8 Å². The van der Waals surface area contributed by atoms with Gasteiger partial charge in [0.05, 0.1) is 5.69 Å². The van der Waals surface area contributed by atoms with Gasteiger partial charge in [-0.05, 0) is 42.6 Å². The molecule has 0 aliphatic carbocycles. The van der Waals surface area contributed by atoms with Crippen LogP contribution in [0.25, 0.3) is 22.0 Å². The zero-order valence-corrected chi connectivity index (χ0v) is 11.6. The van der Waals surface area contributed by atoms with Crippen LogP contribution in [-0.2, 0) is 0 Å². The van der Waals surface area contributed by atoms with Gasteiger partial charge in [0.1, 0.15) is 5.82 Å². The second kappa shape index (κ2) is 4.38. The Morgan fingerprint density at radius 2 is 1.86 bits per heavy atom. The van der Waals surface area contributed by atoms with Crippen molar-refractivity contribution < 1.29 is 9.47 Å². The second-order valence-electron chi connectivity index (χ2n) is 5.19. The van der Waals surface area contributed by atoms with Gasteiger partial charge in [0.2, 0.25) is 6.79 Å². The summed E-state index contributed by atoms with van der Waals surface area (Å²) in [6.07, 6.45) is 0. The Balaban J connectivity index is 1.89. The van der Waals surface area contributed by atoms with Crippen molar-refractivity contribution in [1.82, 2.24) is 4.98 Å². The molecule has 0 saturated heterocycles. The van der Waals surface area contributed by atoms with Crippen LogP contribution in [-0.4, -0.2) is 11.8 Å². The van der Waals surface area contributed by atoms with Crippen LogP contribution < -0.4 is 15.2 Å². The Kier molecular flexibility index (Phi) is 2.51. The zero-order chi connectivity index (χ0) is 14.4. The van der Waals surface area contributed by atoms with E-state index in [1.54, 1.807) is 0 Å². The van der Waals surface area contributed by atoms with Gasteiger partial charge >= 0.3 is 0 Å². The number of fused-ring (bicyclic) bond motifs is 2. The quantitative estimate of drug-likeness (QED) is 0.740. The molecule has 0 bridgehead atoms. The molecule has 0 unspecified atom stereocenters. The fourth-order valence-electron chi connectivity index (χ4n) is 2.59. The lowest BCUT2D eigenvalue weighted by Gasteiger charge is -2.08. The summed E-state index contributed by atoms with van der Waals surface area (Å²) in [6, 6.07) is 14.0. The summed E-state index contributed by atoms with van der Waals surface area (Å²) < 4.78 is 10.7. The summed E-state index contributed by atoms with van der Waals surface area (Å²) in [4.78, 5) is 4.52. The highest BCUT2D eigenvalue weighted by molar-refractivity contribution is 5.94. The number of nitrogens with two attached hydrogens (primary N) is 1. The highest BCUT2D eigenvalue weighted by Gasteiger charge is 2.15. The normalized spacial score (nSPS) is 12.8. The van der Waals surface area contributed by atoms with E-state index in [0.29, 0.717) is 5.82 Å². The number of pyridine rings is 1. The summed E-state index contributed by atoms with van der Waals surface area (Å²) in [5.74, 6) is 2.06. The first-order valence-corrected chi connectivity index (χ1v) is 6.77. The maximum Gasteiger partial charge on any atom is 0.231 e. The van der Waals surface area contributed by atoms with Gasteiger partial charge in [-0.3, -0.25) is 0 Å². The third kappa shape index (κ3) is 1.96. The van der Waals surface area contributed by atoms with Gasteiger partial charge in [-0.25, -0.2) is 4.98 Å². The van der Waals surface area contributed by atoms with Crippen LogP contribution in [0, 0.1) is 6.92 Å². The van der Waals surface area contributed by atoms with Crippen LogP contribution in [0.5, 0.6) is 11.5 Å². The van der Waals surface area contributed by atoms with Gasteiger partial charge in [0.25, 0.3) is 0 Å². The van der Waals surface area contributed by atoms with E-state index in [1.807, 2.05) is 31.2 Å². The predicted molar refractivity (Wildman–Crippen MR) is 82.5 cm³/mol. The minimum absolute atomic E-state index is 0.269. The van der Waals surface area contributed by atoms with Crippen LogP contribution in [0.2, 0.25) is 0 Å². The number of aryl methyl sites for hydroxylation is 1. The maximum atomic E-state index is 6.11. The highest BCUT2D eigenvalue weighted by Crippen LogP contribution is 2.36. The zero-order valence-electron chi connectivity index (χ0n) is 11.6. The van der Waals surface area contributed by atoms with Gasteiger partial charge in [-0.1, -0.05) is 17.7 Å². The molecule has 0 spiro atoms. The number of hydrogen-bond acceptors (Lipinski definition) is 4. The van der Waals surface area contributed by atoms with E-state index < -0.39 is 0 Å². The molecule has 1 aromatic heterocycles. The highest BCUT2D eigenvalue weighted by atomic mass is 16.7. The summed E-state index contributed by atoms with van der Waals surface area (Å²) >= 11 is 0. The van der Waals surface area contributed by atoms with E-state index in [-0.39, 0.29) is 6.79 Å². The fourth-order valence-corrected chi connectivity index (χ4v) is 2.59. The number of nitrogens with zero attached hydrogens (tertiary/aromatic N) is 1. The molecule has 4 rings (SSSR count). The average molecular weight is 278 g/mol. The van der Waals surface area contributed by atoms with Crippen molar-refractivity contribution in [2.24, 2.45) is 0 Å². The summed E-state index contributed by atoms with van der Waals surface area (Å²) in [6.45, 7) is 2.32. The Labute approximate surface area is 122 Å². The minimum atomic E-state index is 0.269. The first-order chi connectivity index (χ1) is 10.2. The summed E-state index contributed by atoms with van der Waals surface area (Å²) in [5.41, 5.74) is 9.08. The summed E-state index contributed by atoms with van der Waals surface area (Å²) in [5, 5.41) is 2.07. The molecule has 104 valence electrons. The molecule has 0 amide bonds. The standard InChI is InChI=1S/C17H14N2O2/c1-10-2-3-11-7-14(19-17(18)13(11)6-10)12-4-5-15-16(8-12)21-9-20-15/h2-8H,9H2,1H3,(H2,18,19). The summed E-state index contributed by atoms with van der Waals surface area (Å²) in [7, 11) is 0. The predicted octanol–water partition coefficient (Wildman–Crippen LogP) is 3.52. The lowest BCUT2D eigenvalue weighted by Crippen LogP contribution is -1.95. The molecular formula is C17H14N2O2. The molecule has 4 heteroatoms. The molecule has 2 aromatic carbocycles. The van der Waals surface area contributed by atoms with Crippen LogP contribution in [0.15, 0.2) is 42.5 Å². The van der Waals surface area contributed by atoms with E-state index in [2.05, 4.69) is 23.2 Å². The molecule has 3 aromatic rings. The Morgan fingerprint density at radius 1 is 1.00 bits per heavy atom. The SMILES string of the molecule is Cc1ccc2cc(-c3ccc4c(c3)OCO4)nc(N)c2c1. The van der Waals surface area contributed by atoms with E-state index in [1.165, 1.54) is 5.56 Å². The number of aromatic nitrogens is 1. The lowest BCUT2D eigenvalue weighted by atomic mass is 10.0. The Bertz CT molecular complexity index is 859. The number of anilines is 1. The third-order valence-corrected chi connectivity index (χ3v) is 3.69. The monoisotopic (exact) mass is 278 g/mol. The molecule has 21 heavy (non-hydrogen) atoms. The first kappa shape index (κ1) is 12.0. The van der Waals surface area contributed by atoms with E-state index in [4.69, 9.17) is 15.2 Å². The van der Waals surface area contributed by atoms with Crippen LogP contribution in [0.1, 0.15) is 5.56 Å². The smallest absolute Gasteiger partial charge is 0.231 e. The van der Waals surface area contributed by atoms with Crippen molar-refractivity contribution >= 4 is 16.6 Å². The number of nitrogen functional groups attached to an aromatic ring is 1. The van der Waals surface area contributed by atoms with Crippen LogP contribution in [0.4, 0.5) is 5.82 Å². The topological polar surface area (TPSA) is 57.4 Å². The van der Waals surface area contributed by atoms with E-state index >= 15 is 0 Å². The fraction of sp³-hybridized carbons (Fsp3) is 0.118. The first-order valence-electron chi connectivity index (χ1n) is 6.77. The van der Waals surface area contributed by atoms with Crippen molar-refractivity contribution in [1.29, 1.82) is 0 Å². The Hall–Kier alpha value is -2.75. The Morgan fingerprint density at radius 3 is 2.76 bits per heavy atom. The number of ether oxygens (including phenoxy) is 2. The molecule has 4 nitrogen and oxygen atoms in total. The molecule has 0 saturated carbocycles. The van der Waals surface area contributed by atoms with Gasteiger partial charge < -0.3 is 15.2 Å². The van der Waals surface area contributed by atoms with Gasteiger partial charge in [0.15, 0.2) is 11.5 Å². The molecule has 1 aliphatic rings. The van der Waals surface area contributed by atoms with Crippen LogP contribution >= 0.6 is 0 Å². The van der Waals surface area contributed by atoms with E-state index in [0.717, 1.165) is 33.5 Å². The van der Waals surface area contributed by atoms with E-state index in [9.17, 15) is 0 Å². The van der Waals surface area contributed by atoms with Crippen LogP contribution in [0.3, 0.4) is 0 Å². The largest absolute Gasteiger partial charge is 0.454 e. The molecule has 0 atom stereocenters. The molecular weight excluding hydrogens is 264 g/mol.